The molecular weight excluding hydrogens is 174 g/mol. The van der Waals surface area contributed by atoms with Crippen LogP contribution in [0.15, 0.2) is 4.99 Å². The zero-order valence-electron chi connectivity index (χ0n) is 9.60. The predicted molar refractivity (Wildman–Crippen MR) is 58.0 cm³/mol. The van der Waals surface area contributed by atoms with E-state index in [-0.39, 0.29) is 0 Å². The Bertz CT molecular complexity index is 241. The normalized spacial score (nSPS) is 30.8. The molecule has 0 spiro atoms. The lowest BCUT2D eigenvalue weighted by molar-refractivity contribution is 0.0935. The Morgan fingerprint density at radius 3 is 2.57 bits per heavy atom. The van der Waals surface area contributed by atoms with E-state index in [0.717, 1.165) is 6.42 Å². The standard InChI is InChI=1S/C12H21NO/c1-11(2)5-4-6-12(3,9-11)7-8-13-10-14/h4-9H2,1-3H3. The molecule has 1 aliphatic carbocycles. The third kappa shape index (κ3) is 3.26. The van der Waals surface area contributed by atoms with E-state index in [2.05, 4.69) is 25.8 Å². The third-order valence-corrected chi connectivity index (χ3v) is 3.43. The van der Waals surface area contributed by atoms with Crippen LogP contribution in [0.3, 0.4) is 0 Å². The van der Waals surface area contributed by atoms with Crippen LogP contribution in [0.25, 0.3) is 0 Å². The van der Waals surface area contributed by atoms with Crippen molar-refractivity contribution in [2.75, 3.05) is 6.54 Å². The van der Waals surface area contributed by atoms with Crippen LogP contribution in [0.5, 0.6) is 0 Å². The van der Waals surface area contributed by atoms with Crippen LogP contribution < -0.4 is 0 Å². The Labute approximate surface area is 86.8 Å². The molecule has 0 saturated heterocycles. The molecule has 14 heavy (non-hydrogen) atoms. The summed E-state index contributed by atoms with van der Waals surface area (Å²) in [5.74, 6) is 0. The van der Waals surface area contributed by atoms with E-state index < -0.39 is 0 Å². The quantitative estimate of drug-likeness (QED) is 0.501. The first-order chi connectivity index (χ1) is 6.47. The van der Waals surface area contributed by atoms with E-state index in [0.29, 0.717) is 17.4 Å². The van der Waals surface area contributed by atoms with Gasteiger partial charge in [-0.25, -0.2) is 9.79 Å². The molecule has 0 N–H and O–H groups in total. The van der Waals surface area contributed by atoms with Crippen molar-refractivity contribution in [2.24, 2.45) is 15.8 Å². The maximum atomic E-state index is 9.99. The molecule has 1 saturated carbocycles. The van der Waals surface area contributed by atoms with Crippen molar-refractivity contribution in [2.45, 2.75) is 52.9 Å². The van der Waals surface area contributed by atoms with Crippen molar-refractivity contribution in [3.63, 3.8) is 0 Å². The first-order valence-corrected chi connectivity index (χ1v) is 5.51. The largest absolute Gasteiger partial charge is 0.234 e. The van der Waals surface area contributed by atoms with Gasteiger partial charge in [0.15, 0.2) is 0 Å². The molecule has 1 unspecified atom stereocenters. The second-order valence-corrected chi connectivity index (χ2v) is 5.73. The minimum atomic E-state index is 0.391. The SMILES string of the molecule is CC1(C)CCCC(C)(CCN=C=O)C1. The molecule has 80 valence electrons. The average Bonchev–Trinajstić information content (AvgIpc) is 2.01. The topological polar surface area (TPSA) is 29.4 Å². The average molecular weight is 195 g/mol. The highest BCUT2D eigenvalue weighted by Gasteiger charge is 2.35. The van der Waals surface area contributed by atoms with Crippen LogP contribution in [0.1, 0.15) is 52.9 Å². The van der Waals surface area contributed by atoms with Gasteiger partial charge in [-0.3, -0.25) is 0 Å². The molecule has 0 amide bonds. The van der Waals surface area contributed by atoms with E-state index >= 15 is 0 Å². The second kappa shape index (κ2) is 4.27. The lowest BCUT2D eigenvalue weighted by Gasteiger charge is -2.42. The van der Waals surface area contributed by atoms with Gasteiger partial charge in [-0.15, -0.1) is 0 Å². The van der Waals surface area contributed by atoms with E-state index in [1.807, 2.05) is 0 Å². The van der Waals surface area contributed by atoms with Crippen LogP contribution in [-0.2, 0) is 4.79 Å². The molecule has 1 aliphatic rings. The van der Waals surface area contributed by atoms with Gasteiger partial charge in [0.1, 0.15) is 0 Å². The number of aliphatic imine (C=N–C) groups is 1. The van der Waals surface area contributed by atoms with Crippen molar-refractivity contribution in [3.05, 3.63) is 0 Å². The first kappa shape index (κ1) is 11.5. The van der Waals surface area contributed by atoms with Gasteiger partial charge >= 0.3 is 0 Å². The van der Waals surface area contributed by atoms with Gasteiger partial charge in [-0.2, -0.15) is 0 Å². The van der Waals surface area contributed by atoms with Crippen LogP contribution >= 0.6 is 0 Å². The minimum absolute atomic E-state index is 0.391. The molecule has 1 atom stereocenters. The maximum absolute atomic E-state index is 9.99. The molecule has 0 aliphatic heterocycles. The molecule has 2 nitrogen and oxygen atoms in total. The Balaban J connectivity index is 2.51. The first-order valence-electron chi connectivity index (χ1n) is 5.51. The fraction of sp³-hybridized carbons (Fsp3) is 0.917. The van der Waals surface area contributed by atoms with Crippen LogP contribution in [0.2, 0.25) is 0 Å². The molecule has 0 radical (unpaired) electrons. The highest BCUT2D eigenvalue weighted by atomic mass is 16.1. The Morgan fingerprint density at radius 1 is 1.29 bits per heavy atom. The number of carbonyl (C=O) groups excluding carboxylic acids is 1. The second-order valence-electron chi connectivity index (χ2n) is 5.73. The highest BCUT2D eigenvalue weighted by molar-refractivity contribution is 5.32. The van der Waals surface area contributed by atoms with Crippen molar-refractivity contribution in [1.82, 2.24) is 0 Å². The van der Waals surface area contributed by atoms with Crippen molar-refractivity contribution < 1.29 is 4.79 Å². The number of nitrogens with zero attached hydrogens (tertiary/aromatic N) is 1. The number of rotatable bonds is 3. The number of isocyanates is 1. The van der Waals surface area contributed by atoms with Crippen molar-refractivity contribution in [3.8, 4) is 0 Å². The fourth-order valence-electron chi connectivity index (χ4n) is 2.91. The highest BCUT2D eigenvalue weighted by Crippen LogP contribution is 2.47. The van der Waals surface area contributed by atoms with Crippen LogP contribution in [-0.4, -0.2) is 12.6 Å². The monoisotopic (exact) mass is 195 g/mol. The summed E-state index contributed by atoms with van der Waals surface area (Å²) in [5, 5.41) is 0. The molecule has 1 rings (SSSR count). The predicted octanol–water partition coefficient (Wildman–Crippen LogP) is 3.32. The Morgan fingerprint density at radius 2 is 2.00 bits per heavy atom. The van der Waals surface area contributed by atoms with E-state index in [4.69, 9.17) is 0 Å². The van der Waals surface area contributed by atoms with Crippen LogP contribution in [0, 0.1) is 10.8 Å². The van der Waals surface area contributed by atoms with Gasteiger partial charge in [-0.1, -0.05) is 27.2 Å². The molecule has 0 aromatic carbocycles. The van der Waals surface area contributed by atoms with Gasteiger partial charge in [0.05, 0.1) is 6.54 Å². The van der Waals surface area contributed by atoms with E-state index in [1.54, 1.807) is 6.08 Å². The lowest BCUT2D eigenvalue weighted by atomic mass is 9.63. The van der Waals surface area contributed by atoms with Gasteiger partial charge < -0.3 is 0 Å². The van der Waals surface area contributed by atoms with E-state index in [1.165, 1.54) is 25.7 Å². The molecular formula is C12H21NO. The fourth-order valence-corrected chi connectivity index (χ4v) is 2.91. The van der Waals surface area contributed by atoms with Crippen molar-refractivity contribution >= 4 is 6.08 Å². The maximum Gasteiger partial charge on any atom is 0.234 e. The molecule has 0 heterocycles. The minimum Gasteiger partial charge on any atom is -0.211 e. The smallest absolute Gasteiger partial charge is 0.211 e. The summed E-state index contributed by atoms with van der Waals surface area (Å²) >= 11 is 0. The summed E-state index contributed by atoms with van der Waals surface area (Å²) in [4.78, 5) is 13.6. The molecule has 1 fully saturated rings. The van der Waals surface area contributed by atoms with Crippen molar-refractivity contribution in [1.29, 1.82) is 0 Å². The summed E-state index contributed by atoms with van der Waals surface area (Å²) in [6.45, 7) is 7.66. The van der Waals surface area contributed by atoms with E-state index in [9.17, 15) is 4.79 Å². The lowest BCUT2D eigenvalue weighted by Crippen LogP contribution is -2.31. The summed E-state index contributed by atoms with van der Waals surface area (Å²) in [6.07, 6.45) is 7.84. The Hall–Kier alpha value is -0.620. The van der Waals surface area contributed by atoms with Gasteiger partial charge in [-0.05, 0) is 36.5 Å². The summed E-state index contributed by atoms with van der Waals surface area (Å²) < 4.78 is 0. The number of hydrogen-bond acceptors (Lipinski definition) is 2. The Kier molecular flexibility index (Phi) is 3.49. The molecule has 2 heteroatoms. The number of hydrogen-bond donors (Lipinski definition) is 0. The summed E-state index contributed by atoms with van der Waals surface area (Å²) in [6, 6.07) is 0. The van der Waals surface area contributed by atoms with Crippen LogP contribution in [0.4, 0.5) is 0 Å². The third-order valence-electron chi connectivity index (χ3n) is 3.43. The van der Waals surface area contributed by atoms with Gasteiger partial charge in [0, 0.05) is 0 Å². The summed E-state index contributed by atoms with van der Waals surface area (Å²) in [7, 11) is 0. The van der Waals surface area contributed by atoms with Gasteiger partial charge in [0.25, 0.3) is 0 Å². The molecule has 0 aromatic rings. The van der Waals surface area contributed by atoms with Gasteiger partial charge in [0.2, 0.25) is 6.08 Å². The zero-order chi connectivity index (χ0) is 10.7. The molecule has 0 aromatic heterocycles. The molecule has 0 bridgehead atoms. The summed E-state index contributed by atoms with van der Waals surface area (Å²) in [5.41, 5.74) is 0.861. The zero-order valence-corrected chi connectivity index (χ0v) is 9.60.